The second-order valence-corrected chi connectivity index (χ2v) is 11.7. The second-order valence-electron chi connectivity index (χ2n) is 10.6. The number of furan rings is 1. The van der Waals surface area contributed by atoms with Crippen molar-refractivity contribution in [3.63, 3.8) is 0 Å². The predicted octanol–water partition coefficient (Wildman–Crippen LogP) is 10.9. The van der Waals surface area contributed by atoms with Crippen LogP contribution in [0.2, 0.25) is 0 Å². The lowest BCUT2D eigenvalue weighted by Gasteiger charge is -2.07. The van der Waals surface area contributed by atoms with Crippen molar-refractivity contribution in [2.24, 2.45) is 0 Å². The molecular weight excluding hydrogens is 532 g/mol. The highest BCUT2D eigenvalue weighted by atomic mass is 32.1. The minimum Gasteiger partial charge on any atom is -0.436 e. The Kier molecular flexibility index (Phi) is 5.07. The lowest BCUT2D eigenvalue weighted by Crippen LogP contribution is -1.88. The fraction of sp³-hybridized carbons (Fsp3) is 0. The molecule has 0 unspecified atom stereocenters. The van der Waals surface area contributed by atoms with Gasteiger partial charge in [-0.3, -0.25) is 0 Å². The molecule has 0 spiro atoms. The van der Waals surface area contributed by atoms with E-state index in [1.54, 1.807) is 0 Å². The van der Waals surface area contributed by atoms with E-state index in [2.05, 4.69) is 121 Å². The Morgan fingerprint density at radius 3 is 2.31 bits per heavy atom. The molecule has 0 saturated heterocycles. The van der Waals surface area contributed by atoms with Crippen molar-refractivity contribution >= 4 is 64.5 Å². The van der Waals surface area contributed by atoms with E-state index in [4.69, 9.17) is 14.4 Å². The topological polar surface area (TPSA) is 38.9 Å². The summed E-state index contributed by atoms with van der Waals surface area (Å²) in [4.78, 5) is 9.79. The van der Waals surface area contributed by atoms with Crippen molar-refractivity contribution in [1.29, 1.82) is 0 Å². The summed E-state index contributed by atoms with van der Waals surface area (Å²) in [5.41, 5.74) is 8.67. The molecule has 6 aromatic carbocycles. The van der Waals surface area contributed by atoms with Gasteiger partial charge >= 0.3 is 0 Å². The zero-order chi connectivity index (χ0) is 27.6. The number of hydrogen-bond donors (Lipinski definition) is 0. The Morgan fingerprint density at radius 1 is 0.548 bits per heavy atom. The van der Waals surface area contributed by atoms with Gasteiger partial charge in [0, 0.05) is 31.1 Å². The zero-order valence-electron chi connectivity index (χ0n) is 22.4. The molecule has 0 N–H and O–H groups in total. The molecule has 0 amide bonds. The van der Waals surface area contributed by atoms with Crippen LogP contribution in [0.1, 0.15) is 0 Å². The first-order valence-electron chi connectivity index (χ1n) is 14.0. The predicted molar refractivity (Wildman–Crippen MR) is 176 cm³/mol. The van der Waals surface area contributed by atoms with Gasteiger partial charge in [0.05, 0.1) is 11.9 Å². The van der Waals surface area contributed by atoms with Crippen molar-refractivity contribution in [1.82, 2.24) is 9.97 Å². The van der Waals surface area contributed by atoms with Crippen LogP contribution in [0, 0.1) is 0 Å². The van der Waals surface area contributed by atoms with Gasteiger partial charge in [0.25, 0.3) is 0 Å². The quantitative estimate of drug-likeness (QED) is 0.218. The number of benzene rings is 6. The van der Waals surface area contributed by atoms with Gasteiger partial charge in [-0.1, -0.05) is 97.1 Å². The van der Waals surface area contributed by atoms with Gasteiger partial charge < -0.3 is 4.42 Å². The van der Waals surface area contributed by atoms with E-state index in [0.717, 1.165) is 38.9 Å². The van der Waals surface area contributed by atoms with Crippen LogP contribution in [0.25, 0.3) is 86.7 Å². The summed E-state index contributed by atoms with van der Waals surface area (Å²) in [6, 6.07) is 45.1. The SMILES string of the molecule is c1cc(-c2cnc3oc4ccc(-c5ccc6ccccc6c5)cc4c3n2)cc(-c2cccc3c2sc2ccccc23)c1. The highest BCUT2D eigenvalue weighted by Gasteiger charge is 2.15. The number of thiophene rings is 1. The van der Waals surface area contributed by atoms with Crippen LogP contribution in [0.4, 0.5) is 0 Å². The third-order valence-electron chi connectivity index (χ3n) is 8.14. The molecule has 0 fully saturated rings. The van der Waals surface area contributed by atoms with Crippen LogP contribution >= 0.6 is 11.3 Å². The first-order chi connectivity index (χ1) is 20.8. The maximum absolute atomic E-state index is 6.10. The Hall–Kier alpha value is -5.32. The first-order valence-corrected chi connectivity index (χ1v) is 14.8. The largest absolute Gasteiger partial charge is 0.436 e. The normalized spacial score (nSPS) is 11.8. The van der Waals surface area contributed by atoms with E-state index < -0.39 is 0 Å². The standard InChI is InChI=1S/C38H22N2OS/c1-2-8-24-19-25(16-15-23(24)7-1)26-17-18-34-32(21-26)36-38(41-34)39-22-33(40-36)28-10-5-9-27(20-28)29-12-6-13-31-30-11-3-4-14-35(30)42-37(29)31/h1-22H. The summed E-state index contributed by atoms with van der Waals surface area (Å²) in [5.74, 6) is 0. The minimum atomic E-state index is 0.551. The monoisotopic (exact) mass is 554 g/mol. The van der Waals surface area contributed by atoms with Crippen molar-refractivity contribution in [2.75, 3.05) is 0 Å². The molecule has 9 rings (SSSR count). The third-order valence-corrected chi connectivity index (χ3v) is 9.36. The van der Waals surface area contributed by atoms with E-state index >= 15 is 0 Å². The number of rotatable bonds is 3. The summed E-state index contributed by atoms with van der Waals surface area (Å²) < 4.78 is 8.71. The number of hydrogen-bond acceptors (Lipinski definition) is 4. The van der Waals surface area contributed by atoms with Crippen molar-refractivity contribution in [3.05, 3.63) is 134 Å². The number of fused-ring (bicyclic) bond motifs is 7. The molecule has 4 heteroatoms. The van der Waals surface area contributed by atoms with Crippen LogP contribution in [-0.2, 0) is 0 Å². The van der Waals surface area contributed by atoms with Crippen molar-refractivity contribution in [3.8, 4) is 33.5 Å². The molecular formula is C38H22N2OS. The van der Waals surface area contributed by atoms with E-state index in [0.29, 0.717) is 5.71 Å². The minimum absolute atomic E-state index is 0.551. The molecule has 196 valence electrons. The lowest BCUT2D eigenvalue weighted by molar-refractivity contribution is 0.653. The zero-order valence-corrected chi connectivity index (χ0v) is 23.2. The molecule has 0 bridgehead atoms. The van der Waals surface area contributed by atoms with Crippen molar-refractivity contribution < 1.29 is 4.42 Å². The maximum Gasteiger partial charge on any atom is 0.246 e. The van der Waals surface area contributed by atoms with Gasteiger partial charge in [-0.15, -0.1) is 11.3 Å². The Bertz CT molecular complexity index is 2490. The van der Waals surface area contributed by atoms with E-state index in [1.807, 2.05) is 23.6 Å². The molecule has 0 saturated carbocycles. The maximum atomic E-state index is 6.10. The lowest BCUT2D eigenvalue weighted by atomic mass is 9.99. The fourth-order valence-electron chi connectivity index (χ4n) is 6.04. The van der Waals surface area contributed by atoms with Crippen molar-refractivity contribution in [2.45, 2.75) is 0 Å². The van der Waals surface area contributed by atoms with E-state index in [1.165, 1.54) is 42.1 Å². The molecule has 3 heterocycles. The van der Waals surface area contributed by atoms with Crippen LogP contribution < -0.4 is 0 Å². The molecule has 42 heavy (non-hydrogen) atoms. The molecule has 0 aliphatic carbocycles. The Labute approximate surface area is 245 Å². The van der Waals surface area contributed by atoms with Crippen LogP contribution in [0.15, 0.2) is 138 Å². The van der Waals surface area contributed by atoms with E-state index in [-0.39, 0.29) is 0 Å². The molecule has 0 aliphatic heterocycles. The van der Waals surface area contributed by atoms with Crippen LogP contribution in [0.5, 0.6) is 0 Å². The molecule has 3 nitrogen and oxygen atoms in total. The van der Waals surface area contributed by atoms with Gasteiger partial charge in [0.15, 0.2) is 0 Å². The smallest absolute Gasteiger partial charge is 0.246 e. The summed E-state index contributed by atoms with van der Waals surface area (Å²) in [6.45, 7) is 0. The molecule has 0 atom stereocenters. The van der Waals surface area contributed by atoms with Gasteiger partial charge in [-0.25, -0.2) is 9.97 Å². The van der Waals surface area contributed by atoms with Gasteiger partial charge in [-0.05, 0) is 63.4 Å². The highest BCUT2D eigenvalue weighted by Crippen LogP contribution is 2.40. The Balaban J connectivity index is 1.16. The van der Waals surface area contributed by atoms with Crippen LogP contribution in [0.3, 0.4) is 0 Å². The summed E-state index contributed by atoms with van der Waals surface area (Å²) in [5, 5.41) is 6.03. The van der Waals surface area contributed by atoms with Gasteiger partial charge in [-0.2, -0.15) is 0 Å². The summed E-state index contributed by atoms with van der Waals surface area (Å²) in [6.07, 6.45) is 1.81. The van der Waals surface area contributed by atoms with Gasteiger partial charge in [0.2, 0.25) is 5.71 Å². The average molecular weight is 555 g/mol. The molecule has 0 aliphatic rings. The van der Waals surface area contributed by atoms with Crippen LogP contribution in [-0.4, -0.2) is 9.97 Å². The number of aromatic nitrogens is 2. The summed E-state index contributed by atoms with van der Waals surface area (Å²) >= 11 is 1.85. The summed E-state index contributed by atoms with van der Waals surface area (Å²) in [7, 11) is 0. The Morgan fingerprint density at radius 2 is 1.33 bits per heavy atom. The van der Waals surface area contributed by atoms with Gasteiger partial charge in [0.1, 0.15) is 11.1 Å². The van der Waals surface area contributed by atoms with E-state index in [9.17, 15) is 0 Å². The average Bonchev–Trinajstić information content (AvgIpc) is 3.62. The first kappa shape index (κ1) is 23.4. The highest BCUT2D eigenvalue weighted by molar-refractivity contribution is 7.26. The third kappa shape index (κ3) is 3.66. The molecule has 0 radical (unpaired) electrons. The fourth-order valence-corrected chi connectivity index (χ4v) is 7.28. The molecule has 9 aromatic rings. The second kappa shape index (κ2) is 9.10. The number of nitrogens with zero attached hydrogens (tertiary/aromatic N) is 2. The molecule has 3 aromatic heterocycles.